The molecule has 0 atom stereocenters. The fourth-order valence-electron chi connectivity index (χ4n) is 2.35. The Balaban J connectivity index is 0.000000486. The molecule has 0 amide bonds. The van der Waals surface area contributed by atoms with Crippen molar-refractivity contribution in [2.75, 3.05) is 53.2 Å². The molecule has 34 heavy (non-hydrogen) atoms. The monoisotopic (exact) mass is 481 g/mol. The van der Waals surface area contributed by atoms with Crippen LogP contribution in [0.5, 0.6) is 11.5 Å². The molecule has 5 N–H and O–H groups in total. The van der Waals surface area contributed by atoms with Gasteiger partial charge in [-0.25, -0.2) is 9.59 Å². The standard InChI is InChI=1S/C10H12O3.C8H8O3.C6H15NO3/c1-2-7-13-10(12)8-3-5-9(11)6-4-8;1-11-8(10)6-2-4-7(9)5-3-6;8-4-1-7(2-5-9)3-6-10/h3-6,11H,2,7H2,1H3;2-5,9H,1H3;8-10H,1-6H2. The zero-order chi connectivity index (χ0) is 25.8. The van der Waals surface area contributed by atoms with Crippen LogP contribution < -0.4 is 0 Å². The van der Waals surface area contributed by atoms with Crippen LogP contribution in [0.25, 0.3) is 0 Å². The fourth-order valence-corrected chi connectivity index (χ4v) is 2.35. The van der Waals surface area contributed by atoms with Gasteiger partial charge in [-0.2, -0.15) is 0 Å². The average molecular weight is 482 g/mol. The predicted molar refractivity (Wildman–Crippen MR) is 126 cm³/mol. The molecule has 0 bridgehead atoms. The van der Waals surface area contributed by atoms with E-state index in [9.17, 15) is 9.59 Å². The maximum Gasteiger partial charge on any atom is 0.338 e. The molecule has 0 saturated carbocycles. The zero-order valence-electron chi connectivity index (χ0n) is 19.6. The lowest BCUT2D eigenvalue weighted by molar-refractivity contribution is 0.0504. The molecule has 0 spiro atoms. The first-order valence-electron chi connectivity index (χ1n) is 10.7. The molecule has 2 aromatic carbocycles. The minimum atomic E-state index is -0.398. The molecule has 0 unspecified atom stereocenters. The number of phenols is 2. The number of hydrogen-bond acceptors (Lipinski definition) is 10. The zero-order valence-corrected chi connectivity index (χ0v) is 19.6. The van der Waals surface area contributed by atoms with Crippen molar-refractivity contribution in [2.45, 2.75) is 13.3 Å². The number of esters is 2. The van der Waals surface area contributed by atoms with Crippen molar-refractivity contribution in [1.29, 1.82) is 0 Å². The quantitative estimate of drug-likeness (QED) is 0.314. The molecule has 0 saturated heterocycles. The summed E-state index contributed by atoms with van der Waals surface area (Å²) in [5, 5.41) is 43.3. The van der Waals surface area contributed by atoms with Crippen LogP contribution in [0.4, 0.5) is 0 Å². The van der Waals surface area contributed by atoms with E-state index in [1.54, 1.807) is 4.90 Å². The van der Waals surface area contributed by atoms with Crippen LogP contribution in [0.1, 0.15) is 34.1 Å². The highest BCUT2D eigenvalue weighted by molar-refractivity contribution is 5.89. The number of rotatable bonds is 10. The molecule has 0 aliphatic heterocycles. The third kappa shape index (κ3) is 14.1. The van der Waals surface area contributed by atoms with Gasteiger partial charge in [0.05, 0.1) is 44.7 Å². The van der Waals surface area contributed by atoms with Gasteiger partial charge in [0.2, 0.25) is 0 Å². The van der Waals surface area contributed by atoms with E-state index in [1.165, 1.54) is 55.6 Å². The van der Waals surface area contributed by atoms with Gasteiger partial charge < -0.3 is 35.0 Å². The third-order valence-corrected chi connectivity index (χ3v) is 4.08. The molecule has 0 aromatic heterocycles. The Morgan fingerprint density at radius 1 is 0.735 bits per heavy atom. The van der Waals surface area contributed by atoms with Crippen LogP contribution in [-0.4, -0.2) is 95.5 Å². The van der Waals surface area contributed by atoms with Crippen molar-refractivity contribution in [3.8, 4) is 11.5 Å². The number of carbonyl (C=O) groups excluding carboxylic acids is 2. The molecule has 0 radical (unpaired) electrons. The molecule has 0 fully saturated rings. The third-order valence-electron chi connectivity index (χ3n) is 4.08. The largest absolute Gasteiger partial charge is 0.508 e. The summed E-state index contributed by atoms with van der Waals surface area (Å²) in [7, 11) is 1.31. The Labute approximate surface area is 199 Å². The van der Waals surface area contributed by atoms with Gasteiger partial charge in [0.1, 0.15) is 11.5 Å². The second-order valence-corrected chi connectivity index (χ2v) is 6.73. The molecule has 2 aromatic rings. The molecule has 190 valence electrons. The van der Waals surface area contributed by atoms with Gasteiger partial charge in [-0.3, -0.25) is 4.90 Å². The Hall–Kier alpha value is -3.18. The number of aliphatic hydroxyl groups is 3. The Morgan fingerprint density at radius 3 is 1.44 bits per heavy atom. The number of benzene rings is 2. The summed E-state index contributed by atoms with van der Waals surface area (Å²) in [5.74, 6) is -0.462. The maximum absolute atomic E-state index is 11.2. The molecule has 0 heterocycles. The van der Waals surface area contributed by atoms with Crippen LogP contribution in [0, 0.1) is 0 Å². The predicted octanol–water partition coefficient (Wildman–Crippen LogP) is 1.40. The van der Waals surface area contributed by atoms with Crippen molar-refractivity contribution < 1.29 is 44.6 Å². The second-order valence-electron chi connectivity index (χ2n) is 6.73. The molecule has 10 nitrogen and oxygen atoms in total. The summed E-state index contributed by atoms with van der Waals surface area (Å²) in [6.45, 7) is 4.12. The number of ether oxygens (including phenoxy) is 2. The lowest BCUT2D eigenvalue weighted by Crippen LogP contribution is -2.32. The van der Waals surface area contributed by atoms with E-state index in [2.05, 4.69) is 4.74 Å². The molecular formula is C24H35NO9. The van der Waals surface area contributed by atoms with Gasteiger partial charge in [0.25, 0.3) is 0 Å². The van der Waals surface area contributed by atoms with Crippen LogP contribution in [-0.2, 0) is 9.47 Å². The van der Waals surface area contributed by atoms with Gasteiger partial charge in [-0.1, -0.05) is 6.92 Å². The maximum atomic E-state index is 11.2. The molecule has 0 aliphatic carbocycles. The summed E-state index contributed by atoms with van der Waals surface area (Å²) in [6, 6.07) is 11.9. The first-order chi connectivity index (χ1) is 16.3. The minimum absolute atomic E-state index is 0.0694. The van der Waals surface area contributed by atoms with E-state index in [1.807, 2.05) is 6.92 Å². The average Bonchev–Trinajstić information content (AvgIpc) is 2.84. The lowest BCUT2D eigenvalue weighted by atomic mass is 10.2. The van der Waals surface area contributed by atoms with Crippen molar-refractivity contribution in [3.05, 3.63) is 59.7 Å². The normalized spacial score (nSPS) is 9.82. The van der Waals surface area contributed by atoms with Gasteiger partial charge in [0, 0.05) is 19.6 Å². The van der Waals surface area contributed by atoms with E-state index in [0.29, 0.717) is 37.4 Å². The SMILES string of the molecule is CCCOC(=O)c1ccc(O)cc1.COC(=O)c1ccc(O)cc1.OCCN(CCO)CCO. The van der Waals surface area contributed by atoms with Crippen molar-refractivity contribution in [2.24, 2.45) is 0 Å². The van der Waals surface area contributed by atoms with Crippen LogP contribution in [0.15, 0.2) is 48.5 Å². The number of nitrogens with zero attached hydrogens (tertiary/aromatic N) is 1. The van der Waals surface area contributed by atoms with Gasteiger partial charge in [0.15, 0.2) is 0 Å². The lowest BCUT2D eigenvalue weighted by Gasteiger charge is -2.17. The van der Waals surface area contributed by atoms with E-state index < -0.39 is 5.97 Å². The van der Waals surface area contributed by atoms with Crippen LogP contribution in [0.2, 0.25) is 0 Å². The first-order valence-corrected chi connectivity index (χ1v) is 10.7. The highest BCUT2D eigenvalue weighted by Crippen LogP contribution is 2.11. The smallest absolute Gasteiger partial charge is 0.338 e. The number of methoxy groups -OCH3 is 1. The Bertz CT molecular complexity index is 781. The second kappa shape index (κ2) is 19.3. The van der Waals surface area contributed by atoms with E-state index in [4.69, 9.17) is 30.3 Å². The van der Waals surface area contributed by atoms with E-state index >= 15 is 0 Å². The fraction of sp³-hybridized carbons (Fsp3) is 0.417. The molecule has 2 rings (SSSR count). The molecule has 10 heteroatoms. The number of aromatic hydroxyl groups is 2. The summed E-state index contributed by atoms with van der Waals surface area (Å²) < 4.78 is 9.35. The van der Waals surface area contributed by atoms with Gasteiger partial charge in [-0.05, 0) is 55.0 Å². The van der Waals surface area contributed by atoms with Crippen molar-refractivity contribution >= 4 is 11.9 Å². The van der Waals surface area contributed by atoms with E-state index in [-0.39, 0.29) is 37.3 Å². The molecule has 0 aliphatic rings. The summed E-state index contributed by atoms with van der Waals surface area (Å²) in [4.78, 5) is 23.8. The summed E-state index contributed by atoms with van der Waals surface area (Å²) in [6.07, 6.45) is 0.809. The minimum Gasteiger partial charge on any atom is -0.508 e. The van der Waals surface area contributed by atoms with Crippen LogP contribution >= 0.6 is 0 Å². The Kier molecular flexibility index (Phi) is 17.5. The van der Waals surface area contributed by atoms with Crippen molar-refractivity contribution in [3.63, 3.8) is 0 Å². The van der Waals surface area contributed by atoms with Crippen molar-refractivity contribution in [1.82, 2.24) is 4.90 Å². The van der Waals surface area contributed by atoms with E-state index in [0.717, 1.165) is 6.42 Å². The summed E-state index contributed by atoms with van der Waals surface area (Å²) in [5.41, 5.74) is 0.900. The van der Waals surface area contributed by atoms with Gasteiger partial charge >= 0.3 is 11.9 Å². The molecular weight excluding hydrogens is 446 g/mol. The topological polar surface area (TPSA) is 157 Å². The summed E-state index contributed by atoms with van der Waals surface area (Å²) >= 11 is 0. The van der Waals surface area contributed by atoms with Crippen LogP contribution in [0.3, 0.4) is 0 Å². The highest BCUT2D eigenvalue weighted by atomic mass is 16.5. The number of phenolic OH excluding ortho intramolecular Hbond substituents is 2. The Morgan fingerprint density at radius 2 is 1.12 bits per heavy atom. The first kappa shape index (κ1) is 30.8. The number of carbonyl (C=O) groups is 2. The van der Waals surface area contributed by atoms with Gasteiger partial charge in [-0.15, -0.1) is 0 Å². The number of hydrogen-bond donors (Lipinski definition) is 5. The number of aliphatic hydroxyl groups excluding tert-OH is 3. The highest BCUT2D eigenvalue weighted by Gasteiger charge is 2.05.